The number of hydrogen-bond donors (Lipinski definition) is 1. The Bertz CT molecular complexity index is 1630. The van der Waals surface area contributed by atoms with E-state index in [0.29, 0.717) is 41.5 Å². The van der Waals surface area contributed by atoms with Gasteiger partial charge < -0.3 is 14.4 Å². The van der Waals surface area contributed by atoms with Crippen molar-refractivity contribution in [1.82, 2.24) is 14.9 Å². The van der Waals surface area contributed by atoms with E-state index in [1.807, 2.05) is 18.2 Å². The van der Waals surface area contributed by atoms with Crippen LogP contribution in [-0.4, -0.2) is 62.2 Å². The Morgan fingerprint density at radius 3 is 2.62 bits per heavy atom. The Balaban J connectivity index is 1.17. The molecule has 4 bridgehead atoms. The van der Waals surface area contributed by atoms with E-state index in [-0.39, 0.29) is 22.7 Å². The molecule has 2 aromatic rings. The molecular weight excluding hydrogens is 609 g/mol. The van der Waals surface area contributed by atoms with Gasteiger partial charge in [-0.3, -0.25) is 0 Å². The largest absolute Gasteiger partial charge is 0.477 e. The number of allylic oxidation sites excluding steroid dienone is 4. The van der Waals surface area contributed by atoms with E-state index < -0.39 is 10.0 Å². The van der Waals surface area contributed by atoms with Gasteiger partial charge in [-0.25, -0.2) is 18.1 Å². The highest BCUT2D eigenvalue weighted by atomic mass is 32.2. The van der Waals surface area contributed by atoms with E-state index in [0.717, 1.165) is 62.2 Å². The first kappa shape index (κ1) is 32.8. The van der Waals surface area contributed by atoms with Crippen LogP contribution in [0.2, 0.25) is 0 Å². The van der Waals surface area contributed by atoms with Crippen molar-refractivity contribution in [1.29, 1.82) is 0 Å². The van der Waals surface area contributed by atoms with Gasteiger partial charge in [-0.1, -0.05) is 37.6 Å². The topological polar surface area (TPSA) is 93.7 Å². The lowest BCUT2D eigenvalue weighted by Crippen LogP contribution is -2.50. The third-order valence-electron chi connectivity index (χ3n) is 11.4. The molecule has 7 rings (SSSR count). The molecular formula is C38H52N4O4S. The molecule has 3 fully saturated rings. The maximum absolute atomic E-state index is 13.8. The van der Waals surface area contributed by atoms with Crippen LogP contribution >= 0.6 is 0 Å². The highest BCUT2D eigenvalue weighted by Crippen LogP contribution is 2.59. The summed E-state index contributed by atoms with van der Waals surface area (Å²) in [5.74, 6) is 1.86. The molecule has 1 saturated heterocycles. The van der Waals surface area contributed by atoms with E-state index in [4.69, 9.17) is 14.5 Å². The quantitative estimate of drug-likeness (QED) is 0.312. The monoisotopic (exact) mass is 660 g/mol. The van der Waals surface area contributed by atoms with Crippen LogP contribution in [0.15, 0.2) is 52.4 Å². The van der Waals surface area contributed by atoms with Crippen LogP contribution < -0.4 is 9.46 Å². The van der Waals surface area contributed by atoms with Gasteiger partial charge in [0.05, 0.1) is 29.9 Å². The molecule has 47 heavy (non-hydrogen) atoms. The lowest BCUT2D eigenvalue weighted by Gasteiger charge is -2.55. The van der Waals surface area contributed by atoms with Crippen molar-refractivity contribution in [2.24, 2.45) is 23.2 Å². The molecule has 5 aliphatic rings. The fourth-order valence-corrected chi connectivity index (χ4v) is 9.82. The molecule has 1 spiro atoms. The third-order valence-corrected chi connectivity index (χ3v) is 12.7. The van der Waals surface area contributed by atoms with E-state index in [1.54, 1.807) is 6.07 Å². The molecule has 3 aliphatic carbocycles. The summed E-state index contributed by atoms with van der Waals surface area (Å²) in [4.78, 5) is 12.2. The molecule has 1 aromatic carbocycles. The van der Waals surface area contributed by atoms with E-state index in [2.05, 4.69) is 54.4 Å². The second-order valence-electron chi connectivity index (χ2n) is 15.5. The minimum atomic E-state index is -3.92. The van der Waals surface area contributed by atoms with Crippen LogP contribution in [-0.2, 0) is 14.8 Å². The molecule has 8 nitrogen and oxygen atoms in total. The first-order valence-electron chi connectivity index (χ1n) is 17.9. The van der Waals surface area contributed by atoms with Crippen molar-refractivity contribution in [3.05, 3.63) is 58.8 Å². The normalized spacial score (nSPS) is 26.1. The van der Waals surface area contributed by atoms with Crippen LogP contribution in [0.3, 0.4) is 0 Å². The summed E-state index contributed by atoms with van der Waals surface area (Å²) in [5, 5.41) is 0. The fraction of sp³-hybridized carbons (Fsp3) is 0.632. The van der Waals surface area contributed by atoms with Gasteiger partial charge in [0.15, 0.2) is 0 Å². The summed E-state index contributed by atoms with van der Waals surface area (Å²) >= 11 is 0. The summed E-state index contributed by atoms with van der Waals surface area (Å²) in [6.07, 6.45) is 13.0. The van der Waals surface area contributed by atoms with Crippen molar-refractivity contribution in [2.45, 2.75) is 102 Å². The number of piperidine rings is 1. The van der Waals surface area contributed by atoms with Gasteiger partial charge in [0.25, 0.3) is 10.0 Å². The Morgan fingerprint density at radius 1 is 1.11 bits per heavy atom. The predicted octanol–water partition coefficient (Wildman–Crippen LogP) is 7.60. The molecule has 2 atom stereocenters. The number of likely N-dealkylation sites (tertiary alicyclic amines) is 1. The number of anilines is 1. The SMILES string of the molecule is CC1=CCCC(C)=C1c1cc2nc(n1)NS(=O)(=O)c1cccc(c1)C(C1CC3(CCN(CCOC4CC4)CC3)C1)C(CC(C)C)CO2. The zero-order valence-corrected chi connectivity index (χ0v) is 29.4. The number of aromatic nitrogens is 2. The van der Waals surface area contributed by atoms with Gasteiger partial charge in [0, 0.05) is 24.1 Å². The number of benzene rings is 1. The summed E-state index contributed by atoms with van der Waals surface area (Å²) < 4.78 is 42.9. The molecule has 1 aromatic heterocycles. The highest BCUT2D eigenvalue weighted by molar-refractivity contribution is 7.92. The lowest BCUT2D eigenvalue weighted by molar-refractivity contribution is -0.0411. The third kappa shape index (κ3) is 7.32. The van der Waals surface area contributed by atoms with Crippen molar-refractivity contribution in [3.63, 3.8) is 0 Å². The van der Waals surface area contributed by atoms with E-state index >= 15 is 0 Å². The number of sulfonamides is 1. The molecule has 0 radical (unpaired) electrons. The molecule has 254 valence electrons. The zero-order chi connectivity index (χ0) is 32.8. The number of rotatable bonds is 8. The maximum Gasteiger partial charge on any atom is 0.264 e. The highest BCUT2D eigenvalue weighted by Gasteiger charge is 2.50. The molecule has 9 heteroatoms. The van der Waals surface area contributed by atoms with Gasteiger partial charge in [-0.05, 0) is 131 Å². The van der Waals surface area contributed by atoms with Crippen LogP contribution in [0, 0.1) is 23.2 Å². The maximum atomic E-state index is 13.8. The summed E-state index contributed by atoms with van der Waals surface area (Å²) in [5.41, 5.74) is 5.64. The van der Waals surface area contributed by atoms with Crippen LogP contribution in [0.25, 0.3) is 5.57 Å². The minimum Gasteiger partial charge on any atom is -0.477 e. The molecule has 3 heterocycles. The number of nitrogens with zero attached hydrogens (tertiary/aromatic N) is 3. The first-order valence-corrected chi connectivity index (χ1v) is 19.4. The molecule has 0 amide bonds. The zero-order valence-electron chi connectivity index (χ0n) is 28.6. The Hall–Kier alpha value is -2.75. The number of fused-ring (bicyclic) bond motifs is 4. The van der Waals surface area contributed by atoms with Gasteiger partial charge in [-0.15, -0.1) is 0 Å². The summed E-state index contributed by atoms with van der Waals surface area (Å²) in [6, 6.07) is 9.53. The van der Waals surface area contributed by atoms with Crippen molar-refractivity contribution in [3.8, 4) is 5.88 Å². The fourth-order valence-electron chi connectivity index (χ4n) is 8.82. The predicted molar refractivity (Wildman–Crippen MR) is 186 cm³/mol. The number of ether oxygens (including phenoxy) is 2. The van der Waals surface area contributed by atoms with E-state index in [1.165, 1.54) is 44.1 Å². The Kier molecular flexibility index (Phi) is 9.26. The number of hydrogen-bond acceptors (Lipinski definition) is 7. The summed E-state index contributed by atoms with van der Waals surface area (Å²) in [6.45, 7) is 13.5. The molecule has 1 N–H and O–H groups in total. The minimum absolute atomic E-state index is 0.0467. The standard InChI is InChI=1S/C38H52N4O4S/c1-25(2)19-29-24-46-34-21-33(35-26(3)7-5-8-27(35)4)39-37(40-34)41-47(43,44)32-10-6-9-28(20-32)36(29)30-22-38(23-30)13-15-42(16-14-38)17-18-45-31-11-12-31/h6-7,9-10,20-21,25,29-31,36H,5,8,11-19,22-24H2,1-4H3,(H,39,40,41). The van der Waals surface area contributed by atoms with Gasteiger partial charge in [0.1, 0.15) is 0 Å². The summed E-state index contributed by atoms with van der Waals surface area (Å²) in [7, 11) is -3.92. The average Bonchev–Trinajstić information content (AvgIpc) is 3.84. The van der Waals surface area contributed by atoms with Crippen molar-refractivity contribution >= 4 is 21.5 Å². The van der Waals surface area contributed by atoms with Crippen LogP contribution in [0.4, 0.5) is 5.95 Å². The number of nitrogens with one attached hydrogen (secondary N) is 1. The van der Waals surface area contributed by atoms with Gasteiger partial charge in [0.2, 0.25) is 11.8 Å². The van der Waals surface area contributed by atoms with Crippen molar-refractivity contribution in [2.75, 3.05) is 37.6 Å². The van der Waals surface area contributed by atoms with E-state index in [9.17, 15) is 8.42 Å². The van der Waals surface area contributed by atoms with Gasteiger partial charge >= 0.3 is 0 Å². The van der Waals surface area contributed by atoms with Crippen molar-refractivity contribution < 1.29 is 17.9 Å². The van der Waals surface area contributed by atoms with Crippen LogP contribution in [0.5, 0.6) is 5.88 Å². The van der Waals surface area contributed by atoms with Gasteiger partial charge in [-0.2, -0.15) is 4.98 Å². The second-order valence-corrected chi connectivity index (χ2v) is 17.2. The van der Waals surface area contributed by atoms with Crippen LogP contribution in [0.1, 0.15) is 103 Å². The first-order chi connectivity index (χ1) is 22.6. The lowest BCUT2D eigenvalue weighted by atomic mass is 9.52. The second kappa shape index (κ2) is 13.3. The molecule has 2 saturated carbocycles. The Labute approximate surface area is 281 Å². The Morgan fingerprint density at radius 2 is 1.89 bits per heavy atom. The molecule has 2 unspecified atom stereocenters. The smallest absolute Gasteiger partial charge is 0.264 e. The molecule has 2 aliphatic heterocycles. The average molecular weight is 661 g/mol.